The first-order valence-corrected chi connectivity index (χ1v) is 13.6. The maximum absolute atomic E-state index is 15.3. The lowest BCUT2D eigenvalue weighted by Gasteiger charge is -2.37. The number of carbonyl (C=O) groups is 1. The van der Waals surface area contributed by atoms with E-state index in [4.69, 9.17) is 9.47 Å². The van der Waals surface area contributed by atoms with Crippen molar-refractivity contribution in [2.75, 3.05) is 49.5 Å². The molecule has 1 aromatic heterocycles. The molecule has 0 radical (unpaired) electrons. The molecule has 3 rings (SSSR count). The van der Waals surface area contributed by atoms with Gasteiger partial charge >= 0.3 is 6.09 Å². The Hall–Kier alpha value is -2.16. The number of amides is 1. The largest absolute Gasteiger partial charge is 0.444 e. The molecule has 0 saturated carbocycles. The topological polar surface area (TPSA) is 79.8 Å². The molecule has 0 spiro atoms. The van der Waals surface area contributed by atoms with E-state index in [-0.39, 0.29) is 17.5 Å². The molecule has 1 unspecified atom stereocenters. The Balaban J connectivity index is 0.00000222. The van der Waals surface area contributed by atoms with Gasteiger partial charge in [-0.1, -0.05) is 13.8 Å². The first-order valence-electron chi connectivity index (χ1n) is 13.6. The Morgan fingerprint density at radius 1 is 1.22 bits per heavy atom. The fourth-order valence-electron chi connectivity index (χ4n) is 4.46. The highest BCUT2D eigenvalue weighted by molar-refractivity contribution is 5.68. The number of ether oxygens (including phenoxy) is 2. The van der Waals surface area contributed by atoms with Crippen LogP contribution in [0.5, 0.6) is 0 Å². The minimum Gasteiger partial charge on any atom is -0.444 e. The smallest absolute Gasteiger partial charge is 0.410 e. The van der Waals surface area contributed by atoms with Gasteiger partial charge in [-0.25, -0.2) is 14.8 Å². The molecule has 1 aromatic rings. The Labute approximate surface area is 217 Å². The standard InChI is InChI=1S/C25H42FN5O3.C2H6/c1-7-30(15-19-8-11-25(5,6)33-16-19)22-20(26)21(28-17-29-22)27-14-18-9-12-31(13-10-18)23(32)34-24(2,3)4;1-2/h17-19H,7-16H2,1-6H3,(H,27,28,29);1-2H3. The summed E-state index contributed by atoms with van der Waals surface area (Å²) in [5, 5.41) is 3.19. The Morgan fingerprint density at radius 3 is 2.44 bits per heavy atom. The van der Waals surface area contributed by atoms with E-state index in [1.807, 2.05) is 46.4 Å². The van der Waals surface area contributed by atoms with Gasteiger partial charge in [-0.2, -0.15) is 4.39 Å². The van der Waals surface area contributed by atoms with Gasteiger partial charge in [-0.05, 0) is 79.1 Å². The van der Waals surface area contributed by atoms with Crippen LogP contribution in [-0.2, 0) is 9.47 Å². The quantitative estimate of drug-likeness (QED) is 0.503. The number of likely N-dealkylation sites (tertiary alicyclic amines) is 1. The summed E-state index contributed by atoms with van der Waals surface area (Å²) in [7, 11) is 0. The lowest BCUT2D eigenvalue weighted by Crippen LogP contribution is -2.42. The second-order valence-electron chi connectivity index (χ2n) is 11.2. The second kappa shape index (κ2) is 13.4. The fourth-order valence-corrected chi connectivity index (χ4v) is 4.46. The van der Waals surface area contributed by atoms with E-state index in [0.29, 0.717) is 57.0 Å². The number of carbonyl (C=O) groups excluding carboxylic acids is 1. The van der Waals surface area contributed by atoms with E-state index in [1.54, 1.807) is 4.90 Å². The molecule has 0 bridgehead atoms. The highest BCUT2D eigenvalue weighted by atomic mass is 19.1. The van der Waals surface area contributed by atoms with Crippen molar-refractivity contribution in [3.63, 3.8) is 0 Å². The number of rotatable bonds is 7. The molecule has 1 atom stereocenters. The van der Waals surface area contributed by atoms with Crippen LogP contribution in [-0.4, -0.2) is 71.5 Å². The van der Waals surface area contributed by atoms with Gasteiger partial charge in [-0.3, -0.25) is 0 Å². The average molecular weight is 510 g/mol. The van der Waals surface area contributed by atoms with Crippen LogP contribution < -0.4 is 10.2 Å². The summed E-state index contributed by atoms with van der Waals surface area (Å²) in [5.74, 6) is 0.853. The third kappa shape index (κ3) is 9.05. The van der Waals surface area contributed by atoms with Crippen molar-refractivity contribution < 1.29 is 18.7 Å². The Morgan fingerprint density at radius 2 is 1.89 bits per heavy atom. The molecule has 9 heteroatoms. The number of halogens is 1. The first kappa shape index (κ1) is 30.1. The van der Waals surface area contributed by atoms with Crippen LogP contribution in [0.2, 0.25) is 0 Å². The van der Waals surface area contributed by atoms with Gasteiger partial charge < -0.3 is 24.6 Å². The predicted molar refractivity (Wildman–Crippen MR) is 143 cm³/mol. The van der Waals surface area contributed by atoms with Crippen LogP contribution in [0.25, 0.3) is 0 Å². The van der Waals surface area contributed by atoms with Crippen molar-refractivity contribution >= 4 is 17.7 Å². The van der Waals surface area contributed by atoms with Gasteiger partial charge in [0.05, 0.1) is 12.2 Å². The van der Waals surface area contributed by atoms with Gasteiger partial charge in [-0.15, -0.1) is 0 Å². The summed E-state index contributed by atoms with van der Waals surface area (Å²) in [6.45, 7) is 19.8. The number of nitrogens with one attached hydrogen (secondary N) is 1. The van der Waals surface area contributed by atoms with Gasteiger partial charge in [0.25, 0.3) is 0 Å². The normalized spacial score (nSPS) is 20.2. The maximum atomic E-state index is 15.3. The number of aromatic nitrogens is 2. The SMILES string of the molecule is CC.CCN(CC1CCC(C)(C)OC1)c1ncnc(NCC2CCN(C(=O)OC(C)(C)C)CC2)c1F. The van der Waals surface area contributed by atoms with Gasteiger partial charge in [0.1, 0.15) is 11.9 Å². The number of piperidine rings is 1. The van der Waals surface area contributed by atoms with Crippen LogP contribution in [0, 0.1) is 17.7 Å². The van der Waals surface area contributed by atoms with E-state index in [9.17, 15) is 4.79 Å². The fraction of sp³-hybridized carbons (Fsp3) is 0.815. The number of nitrogens with zero attached hydrogens (tertiary/aromatic N) is 4. The predicted octanol–water partition coefficient (Wildman–Crippen LogP) is 5.73. The number of anilines is 2. The molecule has 1 amide bonds. The van der Waals surface area contributed by atoms with Crippen molar-refractivity contribution in [2.45, 2.75) is 92.3 Å². The Bertz CT molecular complexity index is 812. The van der Waals surface area contributed by atoms with Crippen molar-refractivity contribution in [1.82, 2.24) is 14.9 Å². The van der Waals surface area contributed by atoms with Crippen molar-refractivity contribution in [2.24, 2.45) is 11.8 Å². The highest BCUT2D eigenvalue weighted by Gasteiger charge is 2.30. The van der Waals surface area contributed by atoms with E-state index in [2.05, 4.69) is 29.1 Å². The van der Waals surface area contributed by atoms with Gasteiger partial charge in [0.2, 0.25) is 5.82 Å². The zero-order valence-corrected chi connectivity index (χ0v) is 23.7. The lowest BCUT2D eigenvalue weighted by molar-refractivity contribution is -0.0747. The first-order chi connectivity index (χ1) is 17.0. The molecule has 1 N–H and O–H groups in total. The van der Waals surface area contributed by atoms with Crippen LogP contribution in [0.4, 0.5) is 20.8 Å². The molecule has 8 nitrogen and oxygen atoms in total. The van der Waals surface area contributed by atoms with Crippen LogP contribution in [0.3, 0.4) is 0 Å². The summed E-state index contributed by atoms with van der Waals surface area (Å²) in [6.07, 6.45) is 4.90. The van der Waals surface area contributed by atoms with Crippen molar-refractivity contribution in [3.05, 3.63) is 12.1 Å². The van der Waals surface area contributed by atoms with Crippen LogP contribution in [0.15, 0.2) is 6.33 Å². The summed E-state index contributed by atoms with van der Waals surface area (Å²) in [5.41, 5.74) is -0.571. The van der Waals surface area contributed by atoms with Gasteiger partial charge in [0, 0.05) is 32.7 Å². The van der Waals surface area contributed by atoms with Crippen molar-refractivity contribution in [3.8, 4) is 0 Å². The zero-order chi connectivity index (χ0) is 26.9. The minimum absolute atomic E-state index is 0.0755. The molecule has 2 aliphatic heterocycles. The minimum atomic E-state index is -0.495. The molecule has 3 heterocycles. The van der Waals surface area contributed by atoms with Crippen LogP contribution >= 0.6 is 0 Å². The van der Waals surface area contributed by atoms with Crippen molar-refractivity contribution in [1.29, 1.82) is 0 Å². The van der Waals surface area contributed by atoms with E-state index < -0.39 is 11.4 Å². The Kier molecular flexibility index (Phi) is 11.2. The summed E-state index contributed by atoms with van der Waals surface area (Å²) in [4.78, 5) is 24.4. The van der Waals surface area contributed by atoms with E-state index in [0.717, 1.165) is 25.7 Å². The summed E-state index contributed by atoms with van der Waals surface area (Å²) >= 11 is 0. The highest BCUT2D eigenvalue weighted by Crippen LogP contribution is 2.30. The van der Waals surface area contributed by atoms with Crippen LogP contribution in [0.1, 0.15) is 81.1 Å². The third-order valence-corrected chi connectivity index (χ3v) is 6.62. The molecule has 36 heavy (non-hydrogen) atoms. The monoisotopic (exact) mass is 509 g/mol. The summed E-state index contributed by atoms with van der Waals surface area (Å²) < 4.78 is 26.8. The molecule has 2 aliphatic rings. The van der Waals surface area contributed by atoms with E-state index in [1.165, 1.54) is 6.33 Å². The molecule has 0 aliphatic carbocycles. The molecular formula is C27H48FN5O3. The zero-order valence-electron chi connectivity index (χ0n) is 23.7. The van der Waals surface area contributed by atoms with Gasteiger partial charge in [0.15, 0.2) is 11.6 Å². The number of hydrogen-bond acceptors (Lipinski definition) is 7. The molecule has 0 aromatic carbocycles. The lowest BCUT2D eigenvalue weighted by atomic mass is 9.91. The molecule has 2 saturated heterocycles. The molecular weight excluding hydrogens is 461 g/mol. The third-order valence-electron chi connectivity index (χ3n) is 6.62. The maximum Gasteiger partial charge on any atom is 0.410 e. The molecule has 2 fully saturated rings. The number of hydrogen-bond donors (Lipinski definition) is 1. The second-order valence-corrected chi connectivity index (χ2v) is 11.2. The van der Waals surface area contributed by atoms with E-state index >= 15 is 4.39 Å². The molecule has 206 valence electrons. The summed E-state index contributed by atoms with van der Waals surface area (Å²) in [6, 6.07) is 0. The average Bonchev–Trinajstić information content (AvgIpc) is 2.83.